The van der Waals surface area contributed by atoms with Gasteiger partial charge < -0.3 is 10.2 Å². The number of nitrogens with one attached hydrogen (secondary N) is 1. The van der Waals surface area contributed by atoms with E-state index in [4.69, 9.17) is 4.84 Å². The third-order valence-electron chi connectivity index (χ3n) is 5.92. The molecule has 0 bridgehead atoms. The van der Waals surface area contributed by atoms with Crippen molar-refractivity contribution in [3.63, 3.8) is 0 Å². The molecule has 3 heterocycles. The number of carbonyl (C=O) groups is 2. The Bertz CT molecular complexity index is 1050. The Morgan fingerprint density at radius 3 is 2.65 bits per heavy atom. The summed E-state index contributed by atoms with van der Waals surface area (Å²) in [5.41, 5.74) is 2.35. The zero-order valence-electron chi connectivity index (χ0n) is 18.4. The van der Waals surface area contributed by atoms with E-state index in [1.54, 1.807) is 32.2 Å². The van der Waals surface area contributed by atoms with E-state index in [-0.39, 0.29) is 17.7 Å². The smallest absolute Gasteiger partial charge is 0.259 e. The molecular weight excluding hydrogens is 392 g/mol. The summed E-state index contributed by atoms with van der Waals surface area (Å²) in [5.74, 6) is 0.434. The van der Waals surface area contributed by atoms with Gasteiger partial charge in [-0.2, -0.15) is 0 Å². The number of carbonyl (C=O) groups excluding carboxylic acids is 2. The molecule has 1 saturated heterocycles. The molecule has 2 aliphatic heterocycles. The van der Waals surface area contributed by atoms with Crippen LogP contribution in [0.1, 0.15) is 53.7 Å². The quantitative estimate of drug-likeness (QED) is 0.821. The van der Waals surface area contributed by atoms with Crippen molar-refractivity contribution in [1.82, 2.24) is 10.3 Å². The number of ketones is 1. The molecule has 1 aromatic carbocycles. The molecule has 1 aromatic heterocycles. The number of aromatic nitrogens is 1. The van der Waals surface area contributed by atoms with Gasteiger partial charge in [0.1, 0.15) is 5.82 Å². The highest BCUT2D eigenvalue weighted by atomic mass is 16.7. The van der Waals surface area contributed by atoms with Crippen molar-refractivity contribution in [1.29, 1.82) is 0 Å². The fourth-order valence-corrected chi connectivity index (χ4v) is 4.12. The second kappa shape index (κ2) is 8.23. The maximum Gasteiger partial charge on any atom is 0.259 e. The van der Waals surface area contributed by atoms with Crippen LogP contribution in [0.15, 0.2) is 41.7 Å². The van der Waals surface area contributed by atoms with Crippen molar-refractivity contribution in [3.8, 4) is 0 Å². The Morgan fingerprint density at radius 1 is 1.23 bits per heavy atom. The fraction of sp³-hybridized carbons (Fsp3) is 0.417. The highest BCUT2D eigenvalue weighted by molar-refractivity contribution is 6.49. The summed E-state index contributed by atoms with van der Waals surface area (Å²) in [5, 5.41) is 7.39. The summed E-state index contributed by atoms with van der Waals surface area (Å²) in [6.07, 6.45) is 3.65. The van der Waals surface area contributed by atoms with E-state index in [0.717, 1.165) is 37.1 Å². The third-order valence-corrected chi connectivity index (χ3v) is 5.92. The number of oxime groups is 1. The van der Waals surface area contributed by atoms with Crippen LogP contribution in [0.25, 0.3) is 0 Å². The normalized spacial score (nSPS) is 20.2. The van der Waals surface area contributed by atoms with Crippen molar-refractivity contribution in [3.05, 3.63) is 58.8 Å². The molecule has 7 nitrogen and oxygen atoms in total. The van der Waals surface area contributed by atoms with Gasteiger partial charge in [-0.15, -0.1) is 0 Å². The van der Waals surface area contributed by atoms with Crippen molar-refractivity contribution >= 4 is 23.2 Å². The molecule has 31 heavy (non-hydrogen) atoms. The molecule has 7 heteroatoms. The van der Waals surface area contributed by atoms with Gasteiger partial charge in [0.2, 0.25) is 5.78 Å². The van der Waals surface area contributed by atoms with Crippen LogP contribution in [0.4, 0.5) is 5.82 Å². The van der Waals surface area contributed by atoms with Crippen molar-refractivity contribution in [2.24, 2.45) is 5.16 Å². The molecule has 2 aromatic rings. The molecule has 162 valence electrons. The van der Waals surface area contributed by atoms with Crippen LogP contribution < -0.4 is 10.2 Å². The second-order valence-corrected chi connectivity index (χ2v) is 8.72. The average molecular weight is 421 g/mol. The first-order chi connectivity index (χ1) is 14.8. The topological polar surface area (TPSA) is 83.9 Å². The van der Waals surface area contributed by atoms with E-state index in [1.807, 2.05) is 36.9 Å². The maximum atomic E-state index is 13.7. The zero-order chi connectivity index (χ0) is 22.2. The summed E-state index contributed by atoms with van der Waals surface area (Å²) in [4.78, 5) is 37.9. The molecule has 0 aliphatic carbocycles. The van der Waals surface area contributed by atoms with E-state index in [2.05, 4.69) is 15.5 Å². The monoisotopic (exact) mass is 420 g/mol. The van der Waals surface area contributed by atoms with Crippen LogP contribution in [0, 0.1) is 13.8 Å². The lowest BCUT2D eigenvalue weighted by Gasteiger charge is -2.35. The van der Waals surface area contributed by atoms with E-state index in [0.29, 0.717) is 22.7 Å². The van der Waals surface area contributed by atoms with Crippen LogP contribution in [0.3, 0.4) is 0 Å². The van der Waals surface area contributed by atoms with Gasteiger partial charge in [0.05, 0.1) is 6.04 Å². The molecular formula is C24H28N4O3. The number of rotatable bonds is 4. The van der Waals surface area contributed by atoms with E-state index < -0.39 is 5.60 Å². The number of hydrogen-bond acceptors (Lipinski definition) is 6. The number of pyridine rings is 1. The number of aryl methyl sites for hydroxylation is 2. The lowest BCUT2D eigenvalue weighted by Crippen LogP contribution is -2.49. The van der Waals surface area contributed by atoms with Crippen LogP contribution in [-0.4, -0.2) is 47.1 Å². The van der Waals surface area contributed by atoms with Gasteiger partial charge in [0.15, 0.2) is 11.3 Å². The highest BCUT2D eigenvalue weighted by Crippen LogP contribution is 2.27. The highest BCUT2D eigenvalue weighted by Gasteiger charge is 2.40. The average Bonchev–Trinajstić information content (AvgIpc) is 3.03. The summed E-state index contributed by atoms with van der Waals surface area (Å²) in [7, 11) is 0. The number of piperidine rings is 1. The molecule has 1 fully saturated rings. The molecule has 1 N–H and O–H groups in total. The minimum absolute atomic E-state index is 0.0322. The summed E-state index contributed by atoms with van der Waals surface area (Å²) in [6.45, 7) is 8.94. The molecule has 0 radical (unpaired) electrons. The van der Waals surface area contributed by atoms with Crippen LogP contribution >= 0.6 is 0 Å². The number of Topliss-reactive ketones (excluding diaryl/α,β-unsaturated/α-hetero) is 1. The predicted octanol–water partition coefficient (Wildman–Crippen LogP) is 3.18. The zero-order valence-corrected chi connectivity index (χ0v) is 18.4. The minimum Gasteiger partial charge on any atom is -0.381 e. The first-order valence-electron chi connectivity index (χ1n) is 10.7. The molecule has 1 unspecified atom stereocenters. The van der Waals surface area contributed by atoms with E-state index in [9.17, 15) is 9.59 Å². The number of benzene rings is 1. The first kappa shape index (κ1) is 21.2. The largest absolute Gasteiger partial charge is 0.381 e. The number of hydrogen-bond donors (Lipinski definition) is 1. The summed E-state index contributed by atoms with van der Waals surface area (Å²) in [6, 6.07) is 9.24. The molecule has 1 amide bonds. The Hall–Kier alpha value is -3.06. The lowest BCUT2D eigenvalue weighted by molar-refractivity contribution is -0.128. The number of nitrogens with zero attached hydrogens (tertiary/aromatic N) is 3. The molecule has 4 rings (SSSR count). The Labute approximate surface area is 182 Å². The summed E-state index contributed by atoms with van der Waals surface area (Å²) >= 11 is 0. The van der Waals surface area contributed by atoms with Crippen LogP contribution in [0.2, 0.25) is 0 Å². The van der Waals surface area contributed by atoms with Gasteiger partial charge in [-0.3, -0.25) is 14.5 Å². The van der Waals surface area contributed by atoms with Crippen LogP contribution in [-0.2, 0) is 9.63 Å². The lowest BCUT2D eigenvalue weighted by atomic mass is 9.92. The van der Waals surface area contributed by atoms with Gasteiger partial charge in [0.25, 0.3) is 5.91 Å². The Kier molecular flexibility index (Phi) is 5.62. The predicted molar refractivity (Wildman–Crippen MR) is 120 cm³/mol. The molecule has 0 saturated carbocycles. The van der Waals surface area contributed by atoms with Crippen LogP contribution in [0.5, 0.6) is 0 Å². The Morgan fingerprint density at radius 2 is 2.03 bits per heavy atom. The van der Waals surface area contributed by atoms with E-state index in [1.165, 1.54) is 0 Å². The second-order valence-electron chi connectivity index (χ2n) is 8.72. The van der Waals surface area contributed by atoms with Gasteiger partial charge >= 0.3 is 0 Å². The first-order valence-corrected chi connectivity index (χ1v) is 10.7. The SMILES string of the molecule is Cc1cc(C(=O)N(c2ncccc2C)C2CCCNC2)ccc1C1=NOC(C)(C)C1=O. The summed E-state index contributed by atoms with van der Waals surface area (Å²) < 4.78 is 0. The van der Waals surface area contributed by atoms with Gasteiger partial charge in [-0.25, -0.2) is 4.98 Å². The minimum atomic E-state index is -0.961. The van der Waals surface area contributed by atoms with Crippen molar-refractivity contribution in [2.45, 2.75) is 52.2 Å². The van der Waals surface area contributed by atoms with Gasteiger partial charge in [0, 0.05) is 23.9 Å². The standard InChI is InChI=1S/C24H28N4O3/c1-15-7-5-12-26-22(15)28(18-8-6-11-25-14-18)23(30)17-9-10-19(16(2)13-17)20-21(29)24(3,4)31-27-20/h5,7,9-10,12-13,18,25H,6,8,11,14H2,1-4H3. The third kappa shape index (κ3) is 3.97. The van der Waals surface area contributed by atoms with Crippen molar-refractivity contribution in [2.75, 3.05) is 18.0 Å². The molecule has 0 spiro atoms. The van der Waals surface area contributed by atoms with Gasteiger partial charge in [-0.05, 0) is 76.4 Å². The fourth-order valence-electron chi connectivity index (χ4n) is 4.12. The van der Waals surface area contributed by atoms with Gasteiger partial charge in [-0.1, -0.05) is 17.3 Å². The Balaban J connectivity index is 1.68. The number of anilines is 1. The molecule has 1 atom stereocenters. The molecule has 2 aliphatic rings. The number of amides is 1. The van der Waals surface area contributed by atoms with Crippen molar-refractivity contribution < 1.29 is 14.4 Å². The van der Waals surface area contributed by atoms with E-state index >= 15 is 0 Å². The maximum absolute atomic E-state index is 13.7.